The highest BCUT2D eigenvalue weighted by molar-refractivity contribution is 7.99. The first-order valence-electron chi connectivity index (χ1n) is 10.2. The van der Waals surface area contributed by atoms with Crippen LogP contribution in [-0.4, -0.2) is 28.3 Å². The highest BCUT2D eigenvalue weighted by atomic mass is 32.2. The maximum atomic E-state index is 13.0. The molecule has 0 fully saturated rings. The Morgan fingerprint density at radius 3 is 2.59 bits per heavy atom. The number of hydrogen-bond acceptors (Lipinski definition) is 6. The number of thiophene rings is 1. The molecule has 8 heteroatoms. The molecule has 6 nitrogen and oxygen atoms in total. The molecule has 0 aliphatic heterocycles. The first-order chi connectivity index (χ1) is 15.6. The van der Waals surface area contributed by atoms with Crippen LogP contribution in [0, 0.1) is 0 Å². The Hall–Kier alpha value is -3.10. The van der Waals surface area contributed by atoms with E-state index in [2.05, 4.69) is 5.32 Å². The van der Waals surface area contributed by atoms with E-state index in [0.717, 1.165) is 22.4 Å². The monoisotopic (exact) mass is 465 g/mol. The molecule has 4 rings (SSSR count). The molecular formula is C24H23N3O3S2. The van der Waals surface area contributed by atoms with E-state index in [0.29, 0.717) is 28.5 Å². The van der Waals surface area contributed by atoms with E-state index < -0.39 is 0 Å². The third kappa shape index (κ3) is 4.71. The summed E-state index contributed by atoms with van der Waals surface area (Å²) in [6.07, 6.45) is 0. The number of hydrogen-bond donors (Lipinski definition) is 1. The van der Waals surface area contributed by atoms with E-state index in [-0.39, 0.29) is 17.2 Å². The van der Waals surface area contributed by atoms with Gasteiger partial charge in [-0.15, -0.1) is 11.3 Å². The zero-order valence-electron chi connectivity index (χ0n) is 17.8. The molecule has 2 aromatic heterocycles. The van der Waals surface area contributed by atoms with Gasteiger partial charge in [-0.1, -0.05) is 54.2 Å². The summed E-state index contributed by atoms with van der Waals surface area (Å²) in [6, 6.07) is 17.5. The van der Waals surface area contributed by atoms with Gasteiger partial charge in [0.2, 0.25) is 5.91 Å². The van der Waals surface area contributed by atoms with Crippen LogP contribution in [0.5, 0.6) is 5.75 Å². The van der Waals surface area contributed by atoms with Crippen molar-refractivity contribution in [2.75, 3.05) is 12.9 Å². The molecule has 0 atom stereocenters. The third-order valence-corrected chi connectivity index (χ3v) is 6.96. The quantitative estimate of drug-likeness (QED) is 0.305. The van der Waals surface area contributed by atoms with Crippen LogP contribution in [0.2, 0.25) is 0 Å². The van der Waals surface area contributed by atoms with Gasteiger partial charge in [0, 0.05) is 24.0 Å². The fourth-order valence-electron chi connectivity index (χ4n) is 3.32. The van der Waals surface area contributed by atoms with Crippen LogP contribution in [-0.2, 0) is 17.9 Å². The van der Waals surface area contributed by atoms with Gasteiger partial charge in [-0.3, -0.25) is 14.2 Å². The van der Waals surface area contributed by atoms with Gasteiger partial charge >= 0.3 is 0 Å². The first-order valence-corrected chi connectivity index (χ1v) is 12.1. The van der Waals surface area contributed by atoms with Crippen molar-refractivity contribution in [3.05, 3.63) is 75.9 Å². The number of ether oxygens (including phenoxy) is 1. The second-order valence-electron chi connectivity index (χ2n) is 7.05. The van der Waals surface area contributed by atoms with Gasteiger partial charge < -0.3 is 10.1 Å². The largest absolute Gasteiger partial charge is 0.497 e. The first kappa shape index (κ1) is 22.1. The minimum absolute atomic E-state index is 0.0641. The summed E-state index contributed by atoms with van der Waals surface area (Å²) in [5, 5.41) is 5.45. The Morgan fingerprint density at radius 1 is 1.16 bits per heavy atom. The number of fused-ring (bicyclic) bond motifs is 1. The topological polar surface area (TPSA) is 73.2 Å². The van der Waals surface area contributed by atoms with Gasteiger partial charge in [0.05, 0.1) is 18.4 Å². The molecule has 0 radical (unpaired) electrons. The molecule has 1 N–H and O–H groups in total. The highest BCUT2D eigenvalue weighted by Gasteiger charge is 2.17. The Balaban J connectivity index is 1.51. The summed E-state index contributed by atoms with van der Waals surface area (Å²) in [4.78, 5) is 30.3. The molecule has 0 bridgehead atoms. The van der Waals surface area contributed by atoms with Crippen molar-refractivity contribution in [1.29, 1.82) is 0 Å². The van der Waals surface area contributed by atoms with Gasteiger partial charge in [-0.25, -0.2) is 4.98 Å². The molecule has 0 aliphatic rings. The minimum atomic E-state index is -0.114. The zero-order chi connectivity index (χ0) is 22.5. The minimum Gasteiger partial charge on any atom is -0.497 e. The lowest BCUT2D eigenvalue weighted by Gasteiger charge is -2.11. The number of rotatable bonds is 8. The number of thioether (sulfide) groups is 1. The lowest BCUT2D eigenvalue weighted by atomic mass is 10.1. The van der Waals surface area contributed by atoms with Crippen molar-refractivity contribution in [2.45, 2.75) is 25.2 Å². The van der Waals surface area contributed by atoms with Gasteiger partial charge in [-0.05, 0) is 30.2 Å². The number of aromatic nitrogens is 2. The van der Waals surface area contributed by atoms with Crippen molar-refractivity contribution >= 4 is 39.2 Å². The summed E-state index contributed by atoms with van der Waals surface area (Å²) < 4.78 is 7.42. The maximum Gasteiger partial charge on any atom is 0.272 e. The number of benzene rings is 2. The second-order valence-corrected chi connectivity index (χ2v) is 8.87. The molecule has 0 saturated heterocycles. The van der Waals surface area contributed by atoms with Crippen molar-refractivity contribution in [3.63, 3.8) is 0 Å². The summed E-state index contributed by atoms with van der Waals surface area (Å²) >= 11 is 2.69. The SMILES string of the molecule is CCn1c(SCC(=O)NCc2ccc(OC)cc2)nc2c(-c3ccccc3)csc2c1=O. The molecule has 0 spiro atoms. The lowest BCUT2D eigenvalue weighted by molar-refractivity contribution is -0.118. The van der Waals surface area contributed by atoms with Crippen LogP contribution in [0.1, 0.15) is 12.5 Å². The number of nitrogens with zero attached hydrogens (tertiary/aromatic N) is 2. The van der Waals surface area contributed by atoms with E-state index >= 15 is 0 Å². The standard InChI is InChI=1S/C24H23N3O3S2/c1-3-27-23(29)22-21(19(14-31-22)17-7-5-4-6-8-17)26-24(27)32-15-20(28)25-13-16-9-11-18(30-2)12-10-16/h4-12,14H,3,13,15H2,1-2H3,(H,25,28). The van der Waals surface area contributed by atoms with Crippen LogP contribution in [0.3, 0.4) is 0 Å². The van der Waals surface area contributed by atoms with Crippen molar-refractivity contribution in [2.24, 2.45) is 0 Å². The summed E-state index contributed by atoms with van der Waals surface area (Å²) in [5.74, 6) is 0.841. The summed E-state index contributed by atoms with van der Waals surface area (Å²) in [7, 11) is 1.62. The van der Waals surface area contributed by atoms with Crippen LogP contribution in [0.15, 0.2) is 69.9 Å². The van der Waals surface area contributed by atoms with Gasteiger partial charge in [0.15, 0.2) is 5.16 Å². The van der Waals surface area contributed by atoms with Crippen molar-refractivity contribution in [3.8, 4) is 16.9 Å². The molecule has 4 aromatic rings. The number of methoxy groups -OCH3 is 1. The fourth-order valence-corrected chi connectivity index (χ4v) is 5.16. The van der Waals surface area contributed by atoms with Crippen LogP contribution in [0.4, 0.5) is 0 Å². The average molecular weight is 466 g/mol. The number of amides is 1. The molecule has 0 unspecified atom stereocenters. The van der Waals surface area contributed by atoms with E-state index in [9.17, 15) is 9.59 Å². The Labute approximate surface area is 194 Å². The molecular weight excluding hydrogens is 442 g/mol. The van der Waals surface area contributed by atoms with Crippen molar-refractivity contribution < 1.29 is 9.53 Å². The molecule has 0 aliphatic carbocycles. The highest BCUT2D eigenvalue weighted by Crippen LogP contribution is 2.32. The molecule has 32 heavy (non-hydrogen) atoms. The fraction of sp³-hybridized carbons (Fsp3) is 0.208. The average Bonchev–Trinajstić information content (AvgIpc) is 3.26. The van der Waals surface area contributed by atoms with Gasteiger partial charge in [0.25, 0.3) is 5.56 Å². The van der Waals surface area contributed by atoms with Crippen LogP contribution < -0.4 is 15.6 Å². The Bertz CT molecular complexity index is 1280. The van der Waals surface area contributed by atoms with E-state index in [1.165, 1.54) is 23.1 Å². The third-order valence-electron chi connectivity index (χ3n) is 5.02. The van der Waals surface area contributed by atoms with Crippen molar-refractivity contribution in [1.82, 2.24) is 14.9 Å². The zero-order valence-corrected chi connectivity index (χ0v) is 19.5. The predicted molar refractivity (Wildman–Crippen MR) is 131 cm³/mol. The summed E-state index contributed by atoms with van der Waals surface area (Å²) in [5.41, 5.74) is 3.58. The molecule has 2 heterocycles. The summed E-state index contributed by atoms with van der Waals surface area (Å²) in [6.45, 7) is 2.84. The molecule has 1 amide bonds. The number of carbonyl (C=O) groups excluding carboxylic acids is 1. The molecule has 164 valence electrons. The van der Waals surface area contributed by atoms with E-state index in [4.69, 9.17) is 9.72 Å². The number of carbonyl (C=O) groups is 1. The maximum absolute atomic E-state index is 13.0. The van der Waals surface area contributed by atoms with E-state index in [1.807, 2.05) is 66.9 Å². The Kier molecular flexibility index (Phi) is 6.92. The number of nitrogens with one attached hydrogen (secondary N) is 1. The van der Waals surface area contributed by atoms with Gasteiger partial charge in [-0.2, -0.15) is 0 Å². The predicted octanol–water partition coefficient (Wildman–Crippen LogP) is 4.56. The van der Waals surface area contributed by atoms with Crippen LogP contribution >= 0.6 is 23.1 Å². The Morgan fingerprint density at radius 2 is 1.91 bits per heavy atom. The van der Waals surface area contributed by atoms with Crippen LogP contribution in [0.25, 0.3) is 21.3 Å². The molecule has 2 aromatic carbocycles. The smallest absolute Gasteiger partial charge is 0.272 e. The second kappa shape index (κ2) is 10.0. The lowest BCUT2D eigenvalue weighted by Crippen LogP contribution is -2.26. The van der Waals surface area contributed by atoms with E-state index in [1.54, 1.807) is 11.7 Å². The molecule has 0 saturated carbocycles. The normalized spacial score (nSPS) is 10.9. The van der Waals surface area contributed by atoms with Gasteiger partial charge in [0.1, 0.15) is 10.4 Å².